The number of anilines is 1. The van der Waals surface area contributed by atoms with Crippen molar-refractivity contribution in [3.05, 3.63) is 24.0 Å². The van der Waals surface area contributed by atoms with E-state index in [1.54, 1.807) is 13.2 Å². The fourth-order valence-electron chi connectivity index (χ4n) is 2.26. The average molecular weight is 296 g/mol. The maximum atomic E-state index is 14.2. The fourth-order valence-corrected chi connectivity index (χ4v) is 2.26. The molecule has 0 radical (unpaired) electrons. The molecule has 2 rings (SSSR count). The molecule has 0 bridgehead atoms. The van der Waals surface area contributed by atoms with Crippen molar-refractivity contribution in [2.24, 2.45) is 0 Å². The van der Waals surface area contributed by atoms with Gasteiger partial charge in [0.2, 0.25) is 0 Å². The van der Waals surface area contributed by atoms with Crippen molar-refractivity contribution in [2.45, 2.75) is 25.9 Å². The van der Waals surface area contributed by atoms with Gasteiger partial charge < -0.3 is 19.7 Å². The summed E-state index contributed by atoms with van der Waals surface area (Å²) >= 11 is 0. The van der Waals surface area contributed by atoms with Gasteiger partial charge in [0, 0.05) is 45.8 Å². The van der Waals surface area contributed by atoms with Gasteiger partial charge in [-0.1, -0.05) is 0 Å². The zero-order valence-corrected chi connectivity index (χ0v) is 13.1. The first-order valence-corrected chi connectivity index (χ1v) is 7.45. The number of nitrogens with one attached hydrogen (secondary N) is 1. The lowest BCUT2D eigenvalue weighted by Crippen LogP contribution is -2.43. The van der Waals surface area contributed by atoms with E-state index < -0.39 is 0 Å². The summed E-state index contributed by atoms with van der Waals surface area (Å²) in [5.74, 6) is 0.346. The standard InChI is InChI=1S/C16H25FN2O2/c1-16(2,20-3)6-11-21-13-4-5-15(14(17)12-13)19-9-7-18-8-10-19/h4-5,12,18H,6-11H2,1-3H3. The third-order valence-electron chi connectivity index (χ3n) is 3.90. The Kier molecular flexibility index (Phi) is 5.42. The van der Waals surface area contributed by atoms with Crippen molar-refractivity contribution in [1.82, 2.24) is 5.32 Å². The first kappa shape index (κ1) is 16.0. The maximum absolute atomic E-state index is 14.2. The van der Waals surface area contributed by atoms with E-state index in [1.807, 2.05) is 19.9 Å². The molecule has 0 aromatic heterocycles. The SMILES string of the molecule is COC(C)(C)CCOc1ccc(N2CCNCC2)c(F)c1. The van der Waals surface area contributed by atoms with Crippen LogP contribution < -0.4 is 15.0 Å². The second kappa shape index (κ2) is 7.09. The molecule has 1 aromatic rings. The van der Waals surface area contributed by atoms with E-state index in [2.05, 4.69) is 10.2 Å². The molecule has 0 spiro atoms. The molecule has 1 heterocycles. The van der Waals surface area contributed by atoms with Gasteiger partial charge in [-0.25, -0.2) is 4.39 Å². The summed E-state index contributed by atoms with van der Waals surface area (Å²) in [6.45, 7) is 7.97. The van der Waals surface area contributed by atoms with Gasteiger partial charge in [-0.3, -0.25) is 0 Å². The number of piperazine rings is 1. The van der Waals surface area contributed by atoms with E-state index in [0.717, 1.165) is 32.6 Å². The molecular weight excluding hydrogens is 271 g/mol. The monoisotopic (exact) mass is 296 g/mol. The molecule has 1 aliphatic heterocycles. The lowest BCUT2D eigenvalue weighted by atomic mass is 10.1. The van der Waals surface area contributed by atoms with Crippen molar-refractivity contribution < 1.29 is 13.9 Å². The largest absolute Gasteiger partial charge is 0.493 e. The van der Waals surface area contributed by atoms with E-state index in [9.17, 15) is 4.39 Å². The first-order chi connectivity index (χ1) is 10.0. The number of hydrogen-bond acceptors (Lipinski definition) is 4. The lowest BCUT2D eigenvalue weighted by molar-refractivity contribution is 0.00544. The van der Waals surface area contributed by atoms with Gasteiger partial charge in [-0.2, -0.15) is 0 Å². The minimum Gasteiger partial charge on any atom is -0.493 e. The van der Waals surface area contributed by atoms with E-state index in [-0.39, 0.29) is 11.4 Å². The van der Waals surface area contributed by atoms with Crippen molar-refractivity contribution in [1.29, 1.82) is 0 Å². The Labute approximate surface area is 126 Å². The van der Waals surface area contributed by atoms with E-state index in [1.165, 1.54) is 6.07 Å². The summed E-state index contributed by atoms with van der Waals surface area (Å²) in [5, 5.41) is 3.26. The van der Waals surface area contributed by atoms with Crippen molar-refractivity contribution in [3.8, 4) is 5.75 Å². The Morgan fingerprint density at radius 2 is 2.00 bits per heavy atom. The molecule has 21 heavy (non-hydrogen) atoms. The normalized spacial score (nSPS) is 16.1. The van der Waals surface area contributed by atoms with Gasteiger partial charge in [0.1, 0.15) is 11.6 Å². The highest BCUT2D eigenvalue weighted by molar-refractivity contribution is 5.51. The number of nitrogens with zero attached hydrogens (tertiary/aromatic N) is 1. The molecule has 5 heteroatoms. The minimum atomic E-state index is -0.223. The van der Waals surface area contributed by atoms with Crippen molar-refractivity contribution in [3.63, 3.8) is 0 Å². The highest BCUT2D eigenvalue weighted by atomic mass is 19.1. The summed E-state index contributed by atoms with van der Waals surface area (Å²) in [6, 6.07) is 5.11. The van der Waals surface area contributed by atoms with Crippen LogP contribution in [0.1, 0.15) is 20.3 Å². The Bertz CT molecular complexity index is 460. The van der Waals surface area contributed by atoms with Crippen LogP contribution in [0.15, 0.2) is 18.2 Å². The molecule has 4 nitrogen and oxygen atoms in total. The summed E-state index contributed by atoms with van der Waals surface area (Å²) in [5.41, 5.74) is 0.431. The van der Waals surface area contributed by atoms with Crippen molar-refractivity contribution >= 4 is 5.69 Å². The second-order valence-electron chi connectivity index (χ2n) is 5.91. The van der Waals surface area contributed by atoms with Gasteiger partial charge in [-0.15, -0.1) is 0 Å². The highest BCUT2D eigenvalue weighted by Gasteiger charge is 2.17. The summed E-state index contributed by atoms with van der Waals surface area (Å²) in [4.78, 5) is 2.06. The summed E-state index contributed by atoms with van der Waals surface area (Å²) < 4.78 is 25.1. The van der Waals surface area contributed by atoms with E-state index in [0.29, 0.717) is 18.0 Å². The molecule has 1 aromatic carbocycles. The number of rotatable bonds is 6. The fraction of sp³-hybridized carbons (Fsp3) is 0.625. The van der Waals surface area contributed by atoms with Gasteiger partial charge in [-0.05, 0) is 26.0 Å². The smallest absolute Gasteiger partial charge is 0.150 e. The Balaban J connectivity index is 1.92. The van der Waals surface area contributed by atoms with Gasteiger partial charge in [0.15, 0.2) is 0 Å². The third-order valence-corrected chi connectivity index (χ3v) is 3.90. The Morgan fingerprint density at radius 1 is 1.29 bits per heavy atom. The van der Waals surface area contributed by atoms with Crippen molar-refractivity contribution in [2.75, 3.05) is 44.8 Å². The molecule has 1 N–H and O–H groups in total. The van der Waals surface area contributed by atoms with Crippen LogP contribution in [0.25, 0.3) is 0 Å². The predicted octanol–water partition coefficient (Wildman–Crippen LogP) is 2.43. The number of ether oxygens (including phenoxy) is 2. The summed E-state index contributed by atoms with van der Waals surface area (Å²) in [6.07, 6.45) is 0.755. The molecule has 0 amide bonds. The van der Waals surface area contributed by atoms with Crippen LogP contribution >= 0.6 is 0 Å². The highest BCUT2D eigenvalue weighted by Crippen LogP contribution is 2.25. The van der Waals surface area contributed by atoms with E-state index >= 15 is 0 Å². The number of benzene rings is 1. The third kappa shape index (κ3) is 4.58. The zero-order chi connectivity index (χ0) is 15.3. The number of methoxy groups -OCH3 is 1. The zero-order valence-electron chi connectivity index (χ0n) is 13.1. The molecule has 0 atom stereocenters. The Hall–Kier alpha value is -1.33. The molecule has 1 fully saturated rings. The van der Waals surface area contributed by atoms with Gasteiger partial charge in [0.25, 0.3) is 0 Å². The predicted molar refractivity (Wildman–Crippen MR) is 82.7 cm³/mol. The molecule has 1 aliphatic rings. The van der Waals surface area contributed by atoms with Crippen LogP contribution in [0.2, 0.25) is 0 Å². The molecule has 0 unspecified atom stereocenters. The Morgan fingerprint density at radius 3 is 2.62 bits per heavy atom. The summed E-state index contributed by atoms with van der Waals surface area (Å²) in [7, 11) is 1.68. The molecule has 118 valence electrons. The number of halogens is 1. The molecular formula is C16H25FN2O2. The first-order valence-electron chi connectivity index (χ1n) is 7.45. The topological polar surface area (TPSA) is 33.7 Å². The molecule has 0 aliphatic carbocycles. The average Bonchev–Trinajstić information content (AvgIpc) is 2.48. The second-order valence-corrected chi connectivity index (χ2v) is 5.91. The van der Waals surface area contributed by atoms with Crippen LogP contribution in [-0.2, 0) is 4.74 Å². The van der Waals surface area contributed by atoms with Crippen LogP contribution in [-0.4, -0.2) is 45.5 Å². The van der Waals surface area contributed by atoms with Crippen LogP contribution in [0.4, 0.5) is 10.1 Å². The molecule has 0 saturated carbocycles. The lowest BCUT2D eigenvalue weighted by Gasteiger charge is -2.29. The minimum absolute atomic E-state index is 0.222. The van der Waals surface area contributed by atoms with E-state index in [4.69, 9.17) is 9.47 Å². The van der Waals surface area contributed by atoms with Gasteiger partial charge in [0.05, 0.1) is 17.9 Å². The quantitative estimate of drug-likeness (QED) is 0.874. The maximum Gasteiger partial charge on any atom is 0.150 e. The van der Waals surface area contributed by atoms with Crippen LogP contribution in [0.3, 0.4) is 0 Å². The van der Waals surface area contributed by atoms with Crippen LogP contribution in [0.5, 0.6) is 5.75 Å². The molecule has 1 saturated heterocycles. The van der Waals surface area contributed by atoms with Crippen LogP contribution in [0, 0.1) is 5.82 Å². The number of hydrogen-bond donors (Lipinski definition) is 1. The van der Waals surface area contributed by atoms with Gasteiger partial charge >= 0.3 is 0 Å².